The molecule has 0 aliphatic carbocycles. The van der Waals surface area contributed by atoms with Crippen molar-refractivity contribution in [3.63, 3.8) is 0 Å². The van der Waals surface area contributed by atoms with E-state index in [-0.39, 0.29) is 5.91 Å². The van der Waals surface area contributed by atoms with Gasteiger partial charge >= 0.3 is 0 Å². The highest BCUT2D eigenvalue weighted by atomic mass is 79.9. The van der Waals surface area contributed by atoms with Gasteiger partial charge in [-0.25, -0.2) is 0 Å². The topological polar surface area (TPSA) is 44.8 Å². The van der Waals surface area contributed by atoms with E-state index >= 15 is 0 Å². The fraction of sp³-hybridized carbons (Fsp3) is 0.240. The average molecular weight is 559 g/mol. The van der Waals surface area contributed by atoms with E-state index in [1.807, 2.05) is 18.2 Å². The van der Waals surface area contributed by atoms with E-state index in [0.717, 1.165) is 47.4 Å². The number of hydrogen-bond acceptors (Lipinski definition) is 4. The van der Waals surface area contributed by atoms with Crippen molar-refractivity contribution >= 4 is 49.1 Å². The Balaban J connectivity index is 1.35. The van der Waals surface area contributed by atoms with Gasteiger partial charge in [-0.15, -0.1) is 0 Å². The summed E-state index contributed by atoms with van der Waals surface area (Å²) < 4.78 is 6.92. The van der Waals surface area contributed by atoms with Crippen molar-refractivity contribution < 1.29 is 9.53 Å². The number of ether oxygens (including phenoxy) is 1. The lowest BCUT2D eigenvalue weighted by atomic mass is 10.1. The summed E-state index contributed by atoms with van der Waals surface area (Å²) in [4.78, 5) is 17.7. The summed E-state index contributed by atoms with van der Waals surface area (Å²) in [6, 6.07) is 22.2. The van der Waals surface area contributed by atoms with Gasteiger partial charge in [0.25, 0.3) is 5.91 Å². The molecule has 0 spiro atoms. The number of rotatable bonds is 6. The molecule has 0 atom stereocenters. The molecule has 3 aromatic carbocycles. The van der Waals surface area contributed by atoms with E-state index in [1.54, 1.807) is 13.2 Å². The molecule has 1 heterocycles. The molecule has 1 N–H and O–H groups in total. The van der Waals surface area contributed by atoms with Crippen molar-refractivity contribution in [1.29, 1.82) is 0 Å². The fourth-order valence-electron chi connectivity index (χ4n) is 3.90. The van der Waals surface area contributed by atoms with Gasteiger partial charge in [0.2, 0.25) is 0 Å². The highest BCUT2D eigenvalue weighted by molar-refractivity contribution is 9.11. The van der Waals surface area contributed by atoms with Crippen LogP contribution >= 0.6 is 31.9 Å². The third kappa shape index (κ3) is 5.52. The molecule has 1 aliphatic rings. The maximum absolute atomic E-state index is 12.8. The average Bonchev–Trinajstić information content (AvgIpc) is 2.80. The number of carbonyl (C=O) groups excluding carboxylic acids is 1. The Morgan fingerprint density at radius 1 is 0.969 bits per heavy atom. The number of nitrogens with one attached hydrogen (secondary N) is 1. The summed E-state index contributed by atoms with van der Waals surface area (Å²) in [5.74, 6) is 0.293. The number of benzene rings is 3. The summed E-state index contributed by atoms with van der Waals surface area (Å²) in [7, 11) is 1.55. The van der Waals surface area contributed by atoms with Gasteiger partial charge in [0.1, 0.15) is 5.75 Å². The Labute approximate surface area is 205 Å². The zero-order valence-electron chi connectivity index (χ0n) is 17.9. The second-order valence-electron chi connectivity index (χ2n) is 7.72. The zero-order chi connectivity index (χ0) is 22.5. The number of anilines is 2. The lowest BCUT2D eigenvalue weighted by Gasteiger charge is -2.36. The minimum atomic E-state index is -0.217. The largest absolute Gasteiger partial charge is 0.495 e. The quantitative estimate of drug-likeness (QED) is 0.415. The molecule has 0 radical (unpaired) electrons. The third-order valence-electron chi connectivity index (χ3n) is 5.57. The number of halogens is 2. The fourth-order valence-corrected chi connectivity index (χ4v) is 5.28. The minimum Gasteiger partial charge on any atom is -0.495 e. The van der Waals surface area contributed by atoms with Gasteiger partial charge in [-0.05, 0) is 57.9 Å². The zero-order valence-corrected chi connectivity index (χ0v) is 21.0. The van der Waals surface area contributed by atoms with Gasteiger partial charge in [-0.2, -0.15) is 0 Å². The van der Waals surface area contributed by atoms with E-state index in [4.69, 9.17) is 4.74 Å². The molecule has 3 aromatic rings. The Bertz CT molecular complexity index is 1070. The first-order valence-electron chi connectivity index (χ1n) is 10.5. The Morgan fingerprint density at radius 2 is 1.66 bits per heavy atom. The summed E-state index contributed by atoms with van der Waals surface area (Å²) >= 11 is 6.88. The standard InChI is InChI=1S/C25H25Br2N3O2/c1-32-24-22(15-19(26)16-23(24)27)25(31)28-20-7-9-21(10-8-20)30-13-11-29(12-14-30)17-18-5-3-2-4-6-18/h2-10,15-16H,11-14,17H2,1H3,(H,28,31). The molecule has 1 fully saturated rings. The first-order chi connectivity index (χ1) is 15.5. The van der Waals surface area contributed by atoms with Crippen molar-refractivity contribution in [2.24, 2.45) is 0 Å². The highest BCUT2D eigenvalue weighted by Crippen LogP contribution is 2.33. The first kappa shape index (κ1) is 22.8. The van der Waals surface area contributed by atoms with Crippen LogP contribution in [0.3, 0.4) is 0 Å². The van der Waals surface area contributed by atoms with Gasteiger partial charge < -0.3 is 15.0 Å². The predicted octanol–water partition coefficient (Wildman–Crippen LogP) is 5.79. The second-order valence-corrected chi connectivity index (χ2v) is 9.49. The summed E-state index contributed by atoms with van der Waals surface area (Å²) in [5, 5.41) is 2.96. The maximum atomic E-state index is 12.8. The lowest BCUT2D eigenvalue weighted by molar-refractivity contribution is 0.102. The van der Waals surface area contributed by atoms with Crippen LogP contribution in [-0.4, -0.2) is 44.1 Å². The second kappa shape index (κ2) is 10.5. The van der Waals surface area contributed by atoms with Crippen LogP contribution in [0.4, 0.5) is 11.4 Å². The van der Waals surface area contributed by atoms with Crippen molar-refractivity contribution in [3.05, 3.63) is 86.8 Å². The SMILES string of the molecule is COc1c(Br)cc(Br)cc1C(=O)Nc1ccc(N2CCN(Cc3ccccc3)CC2)cc1. The Morgan fingerprint density at radius 3 is 2.31 bits per heavy atom. The normalized spacial score (nSPS) is 14.3. The molecule has 166 valence electrons. The van der Waals surface area contributed by atoms with E-state index in [9.17, 15) is 4.79 Å². The molecular formula is C25H25Br2N3O2. The van der Waals surface area contributed by atoms with Gasteiger partial charge in [-0.1, -0.05) is 46.3 Å². The molecule has 32 heavy (non-hydrogen) atoms. The van der Waals surface area contributed by atoms with Crippen molar-refractivity contribution in [2.45, 2.75) is 6.54 Å². The van der Waals surface area contributed by atoms with Crippen LogP contribution < -0.4 is 15.0 Å². The molecular weight excluding hydrogens is 534 g/mol. The molecule has 5 nitrogen and oxygen atoms in total. The Kier molecular flexibility index (Phi) is 7.50. The van der Waals surface area contributed by atoms with E-state index in [1.165, 1.54) is 11.3 Å². The molecule has 0 aromatic heterocycles. The van der Waals surface area contributed by atoms with Crippen LogP contribution in [-0.2, 0) is 6.54 Å². The van der Waals surface area contributed by atoms with Gasteiger partial charge in [0, 0.05) is 48.6 Å². The smallest absolute Gasteiger partial charge is 0.259 e. The number of hydrogen-bond donors (Lipinski definition) is 1. The van der Waals surface area contributed by atoms with Crippen LogP contribution in [0.1, 0.15) is 15.9 Å². The van der Waals surface area contributed by atoms with E-state index in [0.29, 0.717) is 11.3 Å². The molecule has 4 rings (SSSR count). The molecule has 1 saturated heterocycles. The first-order valence-corrected chi connectivity index (χ1v) is 12.1. The van der Waals surface area contributed by atoms with Crippen LogP contribution in [0.5, 0.6) is 5.75 Å². The molecule has 1 amide bonds. The summed E-state index contributed by atoms with van der Waals surface area (Å²) in [6.45, 7) is 5.04. The maximum Gasteiger partial charge on any atom is 0.259 e. The van der Waals surface area contributed by atoms with Crippen LogP contribution in [0.15, 0.2) is 75.7 Å². The van der Waals surface area contributed by atoms with Crippen LogP contribution in [0, 0.1) is 0 Å². The number of methoxy groups -OCH3 is 1. The summed E-state index contributed by atoms with van der Waals surface area (Å²) in [5.41, 5.74) is 3.74. The van der Waals surface area contributed by atoms with E-state index < -0.39 is 0 Å². The summed E-state index contributed by atoms with van der Waals surface area (Å²) in [6.07, 6.45) is 0. The van der Waals surface area contributed by atoms with Gasteiger partial charge in [0.15, 0.2) is 0 Å². The molecule has 0 bridgehead atoms. The number of nitrogens with zero attached hydrogens (tertiary/aromatic N) is 2. The van der Waals surface area contributed by atoms with Gasteiger partial charge in [-0.3, -0.25) is 9.69 Å². The third-order valence-corrected chi connectivity index (χ3v) is 6.62. The van der Waals surface area contributed by atoms with Crippen LogP contribution in [0.25, 0.3) is 0 Å². The minimum absolute atomic E-state index is 0.217. The number of amides is 1. The van der Waals surface area contributed by atoms with Crippen molar-refractivity contribution in [3.8, 4) is 5.75 Å². The number of piperazine rings is 1. The lowest BCUT2D eigenvalue weighted by Crippen LogP contribution is -2.45. The molecule has 1 aliphatic heterocycles. The predicted molar refractivity (Wildman–Crippen MR) is 137 cm³/mol. The molecule has 7 heteroatoms. The van der Waals surface area contributed by atoms with Gasteiger partial charge in [0.05, 0.1) is 17.1 Å². The Hall–Kier alpha value is -2.35. The molecule has 0 saturated carbocycles. The molecule has 0 unspecified atom stereocenters. The highest BCUT2D eigenvalue weighted by Gasteiger charge is 2.19. The number of carbonyl (C=O) groups is 1. The monoisotopic (exact) mass is 557 g/mol. The van der Waals surface area contributed by atoms with Crippen molar-refractivity contribution in [1.82, 2.24) is 4.90 Å². The van der Waals surface area contributed by atoms with Crippen molar-refractivity contribution in [2.75, 3.05) is 43.5 Å². The van der Waals surface area contributed by atoms with Crippen LogP contribution in [0.2, 0.25) is 0 Å². The van der Waals surface area contributed by atoms with E-state index in [2.05, 4.69) is 89.4 Å².